The molecule has 0 radical (unpaired) electrons. The molecule has 1 aromatic carbocycles. The van der Waals surface area contributed by atoms with Crippen molar-refractivity contribution in [3.63, 3.8) is 0 Å². The van der Waals surface area contributed by atoms with Crippen LogP contribution in [-0.4, -0.2) is 81.7 Å². The van der Waals surface area contributed by atoms with Crippen LogP contribution in [0.3, 0.4) is 0 Å². The average molecular weight is 625 g/mol. The zero-order valence-electron chi connectivity index (χ0n) is 27.0. The second kappa shape index (κ2) is 15.9. The summed E-state index contributed by atoms with van der Waals surface area (Å²) in [4.78, 5) is 71.5. The number of carbonyl (C=O) groups excluding carboxylic acids is 4. The number of aliphatic carboxylic acids is 1. The third-order valence-electron chi connectivity index (χ3n) is 8.73. The van der Waals surface area contributed by atoms with Crippen LogP contribution >= 0.6 is 0 Å². The minimum Gasteiger partial charge on any atom is -0.480 e. The maximum atomic E-state index is 14.0. The zero-order valence-corrected chi connectivity index (χ0v) is 27.0. The topological polar surface area (TPSA) is 184 Å². The normalized spacial score (nSPS) is 19.5. The van der Waals surface area contributed by atoms with Crippen LogP contribution in [-0.2, 0) is 30.5 Å². The number of nitrogens with zero attached hydrogens (tertiary/aromatic N) is 2. The largest absolute Gasteiger partial charge is 0.480 e. The molecule has 3 rings (SSSR count). The number of fused-ring (bicyclic) bond motifs is 1. The maximum absolute atomic E-state index is 14.0. The van der Waals surface area contributed by atoms with Gasteiger partial charge in [0.25, 0.3) is 0 Å². The van der Waals surface area contributed by atoms with E-state index in [2.05, 4.69) is 20.9 Å². The van der Waals surface area contributed by atoms with E-state index in [0.29, 0.717) is 31.5 Å². The molecule has 0 aliphatic carbocycles. The molecule has 5 atom stereocenters. The lowest BCUT2D eigenvalue weighted by molar-refractivity contribution is -0.149. The fourth-order valence-corrected chi connectivity index (χ4v) is 6.01. The molecule has 1 aliphatic heterocycles. The Hall–Kier alpha value is -3.90. The number of Topliss-reactive ketones (excluding diaryl/α,β-unsaturated/α-hetero) is 1. The first-order valence-electron chi connectivity index (χ1n) is 15.7. The van der Waals surface area contributed by atoms with Crippen molar-refractivity contribution in [1.29, 1.82) is 0 Å². The number of amides is 3. The van der Waals surface area contributed by atoms with E-state index in [1.54, 1.807) is 18.9 Å². The summed E-state index contributed by atoms with van der Waals surface area (Å²) in [5, 5.41) is 19.4. The van der Waals surface area contributed by atoms with E-state index in [1.807, 2.05) is 57.2 Å². The second-order valence-corrected chi connectivity index (χ2v) is 12.6. The summed E-state index contributed by atoms with van der Waals surface area (Å²) >= 11 is 0. The minimum atomic E-state index is -1.55. The van der Waals surface area contributed by atoms with Gasteiger partial charge in [-0.05, 0) is 56.8 Å². The molecule has 0 spiro atoms. The number of benzene rings is 1. The molecule has 2 aromatic rings. The van der Waals surface area contributed by atoms with Crippen LogP contribution in [0.25, 0.3) is 10.9 Å². The zero-order chi connectivity index (χ0) is 33.3. The summed E-state index contributed by atoms with van der Waals surface area (Å²) in [5.41, 5.74) is 5.42. The van der Waals surface area contributed by atoms with Crippen LogP contribution in [0.5, 0.6) is 0 Å². The summed E-state index contributed by atoms with van der Waals surface area (Å²) in [6.07, 6.45) is 1.41. The first-order chi connectivity index (χ1) is 21.3. The highest BCUT2D eigenvalue weighted by Gasteiger charge is 2.52. The van der Waals surface area contributed by atoms with E-state index in [0.717, 1.165) is 10.9 Å². The number of pyridine rings is 1. The number of para-hydroxylation sites is 1. The Morgan fingerprint density at radius 3 is 2.36 bits per heavy atom. The predicted molar refractivity (Wildman–Crippen MR) is 171 cm³/mol. The monoisotopic (exact) mass is 624 g/mol. The molecule has 1 saturated heterocycles. The molecule has 12 heteroatoms. The molecule has 45 heavy (non-hydrogen) atoms. The number of carbonyl (C=O) groups is 5. The lowest BCUT2D eigenvalue weighted by atomic mass is 9.84. The van der Waals surface area contributed by atoms with Crippen molar-refractivity contribution in [3.8, 4) is 0 Å². The SMILES string of the molecule is CC[C@H](C)[C@H](NC(=O)[C@]1(C(=O)CC(CC(C)C)NC(=O)[C@H](CC(N)=O)NCc2ccc3ccccc3n2)CCCN1C)C(=O)O. The fourth-order valence-electron chi connectivity index (χ4n) is 6.01. The Morgan fingerprint density at radius 2 is 1.76 bits per heavy atom. The van der Waals surface area contributed by atoms with Gasteiger partial charge in [0.1, 0.15) is 6.04 Å². The first-order valence-corrected chi connectivity index (χ1v) is 15.7. The Balaban J connectivity index is 1.78. The Kier molecular flexibility index (Phi) is 12.6. The molecule has 246 valence electrons. The standard InChI is InChI=1S/C33H48N6O6/c1-6-21(4)29(31(43)44)38-32(45)33(14-9-15-39(33)5)27(40)17-24(16-20(2)3)37-30(42)26(18-28(34)41)35-19-23-13-12-22-10-7-8-11-25(22)36-23/h7-8,10-13,20-21,24,26,29,35H,6,9,14-19H2,1-5H3,(H2,34,41)(H,37,42)(H,38,45)(H,43,44)/t21-,24?,26-,29-,33+/m0/s1. The van der Waals surface area contributed by atoms with E-state index >= 15 is 0 Å². The molecule has 0 saturated carbocycles. The van der Waals surface area contributed by atoms with Gasteiger partial charge in [0, 0.05) is 24.4 Å². The molecule has 2 heterocycles. The molecular formula is C33H48N6O6. The highest BCUT2D eigenvalue weighted by Crippen LogP contribution is 2.32. The summed E-state index contributed by atoms with van der Waals surface area (Å²) in [7, 11) is 1.69. The lowest BCUT2D eigenvalue weighted by Crippen LogP contribution is -2.63. The highest BCUT2D eigenvalue weighted by molar-refractivity contribution is 6.12. The summed E-state index contributed by atoms with van der Waals surface area (Å²) in [5.74, 6) is -3.57. The molecular weight excluding hydrogens is 576 g/mol. The molecule has 0 bridgehead atoms. The van der Waals surface area contributed by atoms with E-state index < -0.39 is 47.4 Å². The number of likely N-dealkylation sites (tertiary alicyclic amines) is 1. The van der Waals surface area contributed by atoms with Crippen LogP contribution in [0.1, 0.15) is 71.9 Å². The van der Waals surface area contributed by atoms with Gasteiger partial charge in [-0.2, -0.15) is 0 Å². The third-order valence-corrected chi connectivity index (χ3v) is 8.73. The van der Waals surface area contributed by atoms with Crippen molar-refractivity contribution in [2.45, 2.75) is 96.4 Å². The Morgan fingerprint density at radius 1 is 1.04 bits per heavy atom. The molecule has 3 amide bonds. The molecule has 6 N–H and O–H groups in total. The quantitative estimate of drug-likeness (QED) is 0.165. The van der Waals surface area contributed by atoms with Gasteiger partial charge in [0.15, 0.2) is 11.3 Å². The van der Waals surface area contributed by atoms with Crippen molar-refractivity contribution in [2.75, 3.05) is 13.6 Å². The van der Waals surface area contributed by atoms with Gasteiger partial charge in [-0.1, -0.05) is 58.4 Å². The number of aromatic nitrogens is 1. The number of carboxylic acids is 1. The number of likely N-dealkylation sites (N-methyl/N-ethyl adjacent to an activating group) is 1. The van der Waals surface area contributed by atoms with Gasteiger partial charge in [-0.25, -0.2) is 4.79 Å². The molecule has 1 fully saturated rings. The number of hydrogen-bond donors (Lipinski definition) is 5. The van der Waals surface area contributed by atoms with Crippen LogP contribution < -0.4 is 21.7 Å². The van der Waals surface area contributed by atoms with E-state index in [-0.39, 0.29) is 43.4 Å². The summed E-state index contributed by atoms with van der Waals surface area (Å²) in [6, 6.07) is 8.68. The summed E-state index contributed by atoms with van der Waals surface area (Å²) < 4.78 is 0. The minimum absolute atomic E-state index is 0.0975. The number of primary amides is 1. The fraction of sp³-hybridized carbons (Fsp3) is 0.576. The smallest absolute Gasteiger partial charge is 0.326 e. The molecule has 1 unspecified atom stereocenters. The highest BCUT2D eigenvalue weighted by atomic mass is 16.4. The second-order valence-electron chi connectivity index (χ2n) is 12.6. The van der Waals surface area contributed by atoms with Gasteiger partial charge >= 0.3 is 5.97 Å². The summed E-state index contributed by atoms with van der Waals surface area (Å²) in [6.45, 7) is 8.21. The van der Waals surface area contributed by atoms with Crippen molar-refractivity contribution in [3.05, 3.63) is 42.1 Å². The number of carboxylic acid groups (broad SMARTS) is 1. The van der Waals surface area contributed by atoms with Gasteiger partial charge < -0.3 is 21.5 Å². The van der Waals surface area contributed by atoms with E-state index in [9.17, 15) is 29.1 Å². The number of nitrogens with one attached hydrogen (secondary N) is 3. The number of hydrogen-bond acceptors (Lipinski definition) is 8. The van der Waals surface area contributed by atoms with Crippen LogP contribution in [0, 0.1) is 11.8 Å². The van der Waals surface area contributed by atoms with Crippen LogP contribution in [0.2, 0.25) is 0 Å². The Labute approximate surface area is 264 Å². The number of ketones is 1. The number of rotatable bonds is 17. The van der Waals surface area contributed by atoms with Crippen molar-refractivity contribution in [1.82, 2.24) is 25.8 Å². The van der Waals surface area contributed by atoms with Crippen LogP contribution in [0.15, 0.2) is 36.4 Å². The predicted octanol–water partition coefficient (Wildman–Crippen LogP) is 2.14. The number of nitrogens with two attached hydrogens (primary N) is 1. The van der Waals surface area contributed by atoms with E-state index in [4.69, 9.17) is 5.73 Å². The van der Waals surface area contributed by atoms with Gasteiger partial charge in [-0.15, -0.1) is 0 Å². The van der Waals surface area contributed by atoms with Gasteiger partial charge in [0.2, 0.25) is 17.7 Å². The van der Waals surface area contributed by atoms with E-state index in [1.165, 1.54) is 0 Å². The molecule has 1 aliphatic rings. The third kappa shape index (κ3) is 9.07. The Bertz CT molecular complexity index is 1380. The molecule has 1 aromatic heterocycles. The van der Waals surface area contributed by atoms with Crippen LogP contribution in [0.4, 0.5) is 0 Å². The molecule has 12 nitrogen and oxygen atoms in total. The van der Waals surface area contributed by atoms with Crippen molar-refractivity contribution < 1.29 is 29.1 Å². The average Bonchev–Trinajstić information content (AvgIpc) is 3.38. The van der Waals surface area contributed by atoms with Gasteiger partial charge in [-0.3, -0.25) is 34.4 Å². The maximum Gasteiger partial charge on any atom is 0.326 e. The van der Waals surface area contributed by atoms with Crippen molar-refractivity contribution in [2.24, 2.45) is 17.6 Å². The first kappa shape index (κ1) is 35.6. The van der Waals surface area contributed by atoms with Crippen molar-refractivity contribution >= 4 is 40.4 Å². The lowest BCUT2D eigenvalue weighted by Gasteiger charge is -2.36. The van der Waals surface area contributed by atoms with Gasteiger partial charge in [0.05, 0.1) is 23.7 Å².